The van der Waals surface area contributed by atoms with Gasteiger partial charge in [-0.3, -0.25) is 0 Å². The van der Waals surface area contributed by atoms with E-state index >= 15 is 0 Å². The molecule has 7 heteroatoms. The van der Waals surface area contributed by atoms with E-state index in [2.05, 4.69) is 24.7 Å². The van der Waals surface area contributed by atoms with E-state index in [1.165, 1.54) is 12.8 Å². The van der Waals surface area contributed by atoms with Gasteiger partial charge >= 0.3 is 0 Å². The second kappa shape index (κ2) is 6.45. The molecule has 6 nitrogen and oxygen atoms in total. The number of nitrogen functional groups attached to an aromatic ring is 1. The molecule has 1 spiro atoms. The molecule has 2 fully saturated rings. The summed E-state index contributed by atoms with van der Waals surface area (Å²) in [5.74, 6) is 1.14. The lowest BCUT2D eigenvalue weighted by Crippen LogP contribution is -2.53. The van der Waals surface area contributed by atoms with Gasteiger partial charge in [-0.1, -0.05) is 19.6 Å². The molecule has 1 aliphatic heterocycles. The van der Waals surface area contributed by atoms with E-state index in [1.807, 2.05) is 0 Å². The Labute approximate surface area is 139 Å². The van der Waals surface area contributed by atoms with Gasteiger partial charge in [-0.15, -0.1) is 5.10 Å². The fraction of sp³-hybridized carbons (Fsp3) is 0.812. The second-order valence-electron chi connectivity index (χ2n) is 8.36. The highest BCUT2D eigenvalue weighted by molar-refractivity contribution is 6.76. The molecule has 0 radical (unpaired) electrons. The quantitative estimate of drug-likeness (QED) is 0.582. The first-order valence-corrected chi connectivity index (χ1v) is 12.2. The summed E-state index contributed by atoms with van der Waals surface area (Å²) < 4.78 is 18.5. The van der Waals surface area contributed by atoms with Crippen LogP contribution in [0.25, 0.3) is 0 Å². The molecular formula is C16H29N3O3Si. The predicted molar refractivity (Wildman–Crippen MR) is 92.2 cm³/mol. The maximum absolute atomic E-state index is 5.97. The van der Waals surface area contributed by atoms with Gasteiger partial charge in [0.05, 0.1) is 26.0 Å². The summed E-state index contributed by atoms with van der Waals surface area (Å²) in [7, 11) is -1.05. The summed E-state index contributed by atoms with van der Waals surface area (Å²) in [5, 5.41) is 4.38. The van der Waals surface area contributed by atoms with Gasteiger partial charge in [-0.05, 0) is 24.8 Å². The minimum atomic E-state index is -1.05. The van der Waals surface area contributed by atoms with Crippen molar-refractivity contribution in [3.8, 4) is 5.88 Å². The van der Waals surface area contributed by atoms with Gasteiger partial charge in [0.25, 0.3) is 5.88 Å². The SMILES string of the molecule is C[Si](C)(C)CCOCn1cc(N)c(OCC2CC3(COC3)C2)n1. The van der Waals surface area contributed by atoms with Crippen molar-refractivity contribution in [3.05, 3.63) is 6.20 Å². The van der Waals surface area contributed by atoms with Crippen LogP contribution in [0.5, 0.6) is 5.88 Å². The van der Waals surface area contributed by atoms with Crippen LogP contribution >= 0.6 is 0 Å². The van der Waals surface area contributed by atoms with Crippen LogP contribution in [0.4, 0.5) is 5.69 Å². The lowest BCUT2D eigenvalue weighted by molar-refractivity contribution is -0.183. The van der Waals surface area contributed by atoms with Crippen molar-refractivity contribution in [2.24, 2.45) is 11.3 Å². The normalized spacial score (nSPS) is 20.3. The van der Waals surface area contributed by atoms with E-state index in [0.29, 0.717) is 36.2 Å². The Morgan fingerprint density at radius 1 is 1.39 bits per heavy atom. The molecule has 1 saturated carbocycles. The monoisotopic (exact) mass is 339 g/mol. The van der Waals surface area contributed by atoms with E-state index in [4.69, 9.17) is 19.9 Å². The average molecular weight is 340 g/mol. The zero-order valence-corrected chi connectivity index (χ0v) is 15.5. The molecule has 0 unspecified atom stereocenters. The molecule has 0 amide bonds. The van der Waals surface area contributed by atoms with Crippen LogP contribution in [0.1, 0.15) is 12.8 Å². The van der Waals surface area contributed by atoms with Crippen molar-refractivity contribution in [2.45, 2.75) is 45.3 Å². The predicted octanol–water partition coefficient (Wildman–Crippen LogP) is 2.58. The molecule has 2 aliphatic rings. The van der Waals surface area contributed by atoms with E-state index < -0.39 is 8.07 Å². The molecule has 130 valence electrons. The Hall–Kier alpha value is -1.05. The molecule has 1 saturated heterocycles. The van der Waals surface area contributed by atoms with E-state index in [1.54, 1.807) is 10.9 Å². The number of hydrogen-bond acceptors (Lipinski definition) is 5. The Kier molecular flexibility index (Phi) is 4.71. The topological polar surface area (TPSA) is 71.5 Å². The summed E-state index contributed by atoms with van der Waals surface area (Å²) in [5.41, 5.74) is 7.03. The van der Waals surface area contributed by atoms with Crippen LogP contribution in [-0.4, -0.2) is 44.3 Å². The zero-order chi connectivity index (χ0) is 16.5. The molecule has 3 rings (SSSR count). The van der Waals surface area contributed by atoms with Crippen molar-refractivity contribution in [3.63, 3.8) is 0 Å². The number of anilines is 1. The lowest BCUT2D eigenvalue weighted by Gasteiger charge is -2.53. The summed E-state index contributed by atoms with van der Waals surface area (Å²) in [6.07, 6.45) is 4.19. The van der Waals surface area contributed by atoms with Crippen LogP contribution < -0.4 is 10.5 Å². The Balaban J connectivity index is 1.38. The highest BCUT2D eigenvalue weighted by atomic mass is 28.3. The van der Waals surface area contributed by atoms with E-state index in [9.17, 15) is 0 Å². The van der Waals surface area contributed by atoms with E-state index in [0.717, 1.165) is 25.9 Å². The number of nitrogens with zero attached hydrogens (tertiary/aromatic N) is 2. The molecule has 0 atom stereocenters. The molecule has 2 N–H and O–H groups in total. The number of rotatable bonds is 8. The summed E-state index contributed by atoms with van der Waals surface area (Å²) >= 11 is 0. The Bertz CT molecular complexity index is 529. The molecule has 1 aromatic rings. The molecule has 2 heterocycles. The van der Waals surface area contributed by atoms with Crippen molar-refractivity contribution in [2.75, 3.05) is 32.2 Å². The number of nitrogens with two attached hydrogens (primary N) is 1. The number of ether oxygens (including phenoxy) is 3. The van der Waals surface area contributed by atoms with Crippen LogP contribution in [0.2, 0.25) is 25.7 Å². The number of hydrogen-bond donors (Lipinski definition) is 1. The summed E-state index contributed by atoms with van der Waals surface area (Å²) in [4.78, 5) is 0. The van der Waals surface area contributed by atoms with Crippen molar-refractivity contribution >= 4 is 13.8 Å². The second-order valence-corrected chi connectivity index (χ2v) is 14.0. The highest BCUT2D eigenvalue weighted by Crippen LogP contribution is 2.50. The minimum absolute atomic E-state index is 0.432. The third kappa shape index (κ3) is 4.27. The van der Waals surface area contributed by atoms with Gasteiger partial charge in [0, 0.05) is 20.1 Å². The van der Waals surface area contributed by atoms with Gasteiger partial charge in [-0.2, -0.15) is 0 Å². The minimum Gasteiger partial charge on any atom is -0.475 e. The smallest absolute Gasteiger partial charge is 0.256 e. The van der Waals surface area contributed by atoms with Gasteiger partial charge in [0.1, 0.15) is 12.4 Å². The van der Waals surface area contributed by atoms with Gasteiger partial charge in [0.2, 0.25) is 0 Å². The first-order valence-electron chi connectivity index (χ1n) is 8.47. The van der Waals surface area contributed by atoms with Crippen LogP contribution in [-0.2, 0) is 16.2 Å². The van der Waals surface area contributed by atoms with Gasteiger partial charge in [-0.25, -0.2) is 4.68 Å². The van der Waals surface area contributed by atoms with E-state index in [-0.39, 0.29) is 0 Å². The Morgan fingerprint density at radius 2 is 2.13 bits per heavy atom. The highest BCUT2D eigenvalue weighted by Gasteiger charge is 2.49. The standard InChI is InChI=1S/C16H29N3O3Si/c1-23(2,3)5-4-20-12-19-8-14(17)15(18-19)22-9-13-6-16(7-13)10-21-11-16/h8,13H,4-7,9-12,17H2,1-3H3. The molecule has 23 heavy (non-hydrogen) atoms. The third-order valence-electron chi connectivity index (χ3n) is 4.69. The largest absolute Gasteiger partial charge is 0.475 e. The third-order valence-corrected chi connectivity index (χ3v) is 6.39. The van der Waals surface area contributed by atoms with Crippen LogP contribution in [0.3, 0.4) is 0 Å². The first kappa shape index (κ1) is 16.8. The van der Waals surface area contributed by atoms with Gasteiger partial charge < -0.3 is 19.9 Å². The molecule has 1 aliphatic carbocycles. The average Bonchev–Trinajstić information content (AvgIpc) is 2.71. The molecule has 1 aromatic heterocycles. The van der Waals surface area contributed by atoms with Gasteiger partial charge in [0.15, 0.2) is 0 Å². The molecule has 0 aromatic carbocycles. The fourth-order valence-corrected chi connectivity index (χ4v) is 4.00. The van der Waals surface area contributed by atoms with Crippen molar-refractivity contribution in [1.82, 2.24) is 9.78 Å². The van der Waals surface area contributed by atoms with Crippen molar-refractivity contribution in [1.29, 1.82) is 0 Å². The Morgan fingerprint density at radius 3 is 2.74 bits per heavy atom. The summed E-state index contributed by atoms with van der Waals surface area (Å²) in [6, 6.07) is 1.15. The number of aromatic nitrogens is 2. The summed E-state index contributed by atoms with van der Waals surface area (Å²) in [6.45, 7) is 10.8. The van der Waals surface area contributed by atoms with Crippen LogP contribution in [0.15, 0.2) is 6.20 Å². The zero-order valence-electron chi connectivity index (χ0n) is 14.5. The maximum Gasteiger partial charge on any atom is 0.256 e. The molecule has 0 bridgehead atoms. The van der Waals surface area contributed by atoms with Crippen molar-refractivity contribution < 1.29 is 14.2 Å². The first-order chi connectivity index (χ1) is 10.9. The maximum atomic E-state index is 5.97. The van der Waals surface area contributed by atoms with Crippen LogP contribution in [0, 0.1) is 11.3 Å². The fourth-order valence-electron chi connectivity index (χ4n) is 3.24. The lowest BCUT2D eigenvalue weighted by atomic mass is 9.61. The molecular weight excluding hydrogens is 310 g/mol.